The molecule has 0 saturated carbocycles. The number of hydrogen-bond acceptors (Lipinski definition) is 4. The number of benzene rings is 1. The first-order valence-corrected chi connectivity index (χ1v) is 10.9. The largest absolute Gasteiger partial charge is 0.356 e. The monoisotopic (exact) mass is 471 g/mol. The number of rotatable bonds is 3. The van der Waals surface area contributed by atoms with Crippen LogP contribution in [-0.2, 0) is 11.3 Å². The molecule has 11 heteroatoms. The highest BCUT2D eigenvalue weighted by molar-refractivity contribution is 8.23. The molecular formula is C20H17F4N3O2S2. The first-order valence-electron chi connectivity index (χ1n) is 9.49. The molecule has 2 bridgehead atoms. The van der Waals surface area contributed by atoms with Crippen LogP contribution in [0.1, 0.15) is 18.0 Å². The first-order chi connectivity index (χ1) is 14.7. The van der Waals surface area contributed by atoms with Crippen molar-refractivity contribution in [3.63, 3.8) is 0 Å². The van der Waals surface area contributed by atoms with Crippen molar-refractivity contribution < 1.29 is 22.4 Å². The number of nitrogens with one attached hydrogen (secondary N) is 1. The summed E-state index contributed by atoms with van der Waals surface area (Å²) in [5.74, 6) is -7.30. The van der Waals surface area contributed by atoms with E-state index in [0.29, 0.717) is 24.0 Å². The molecule has 2 aromatic rings. The van der Waals surface area contributed by atoms with Gasteiger partial charge in [-0.2, -0.15) is 0 Å². The van der Waals surface area contributed by atoms with Gasteiger partial charge in [0, 0.05) is 43.4 Å². The van der Waals surface area contributed by atoms with E-state index < -0.39 is 34.9 Å². The van der Waals surface area contributed by atoms with Crippen LogP contribution in [-0.4, -0.2) is 38.5 Å². The lowest BCUT2D eigenvalue weighted by Crippen LogP contribution is -2.48. The average Bonchev–Trinajstić information content (AvgIpc) is 2.74. The fourth-order valence-corrected chi connectivity index (χ4v) is 5.11. The van der Waals surface area contributed by atoms with Crippen LogP contribution < -0.4 is 10.9 Å². The van der Waals surface area contributed by atoms with Gasteiger partial charge in [-0.15, -0.1) is 0 Å². The second-order valence-corrected chi connectivity index (χ2v) is 9.16. The van der Waals surface area contributed by atoms with Crippen molar-refractivity contribution in [3.05, 3.63) is 63.6 Å². The molecule has 0 unspecified atom stereocenters. The SMILES string of the molecule is O=C(CSC(=S)N1C[C@H]2C[C@@H](C1)c1cccc(=O)n1C2)Nc1c(F)c(F)cc(F)c1F. The standard InChI is InChI=1S/C20H17F4N3O2S2/c21-12-5-13(22)18(24)19(17(12)23)25-15(28)9-31-20(30)26-6-10-4-11(8-26)14-2-1-3-16(29)27(14)7-10/h1-3,5,10-11H,4,6-9H2,(H,25,28)/t10-,11+/m1/s1. The van der Waals surface area contributed by atoms with Crippen molar-refractivity contribution in [2.75, 3.05) is 24.2 Å². The Balaban J connectivity index is 1.38. The highest BCUT2D eigenvalue weighted by atomic mass is 32.2. The van der Waals surface area contributed by atoms with Gasteiger partial charge in [-0.3, -0.25) is 9.59 Å². The molecule has 2 atom stereocenters. The van der Waals surface area contributed by atoms with Gasteiger partial charge in [0.25, 0.3) is 5.56 Å². The van der Waals surface area contributed by atoms with Gasteiger partial charge < -0.3 is 14.8 Å². The molecule has 1 saturated heterocycles. The van der Waals surface area contributed by atoms with Crippen molar-refractivity contribution in [1.29, 1.82) is 0 Å². The second kappa shape index (κ2) is 8.62. The van der Waals surface area contributed by atoms with E-state index in [1.165, 1.54) is 6.07 Å². The van der Waals surface area contributed by atoms with Gasteiger partial charge in [-0.25, -0.2) is 17.6 Å². The quantitative estimate of drug-likeness (QED) is 0.422. The summed E-state index contributed by atoms with van der Waals surface area (Å²) in [5, 5.41) is 1.87. The molecule has 1 aromatic heterocycles. The number of likely N-dealkylation sites (tertiary alicyclic amines) is 1. The van der Waals surface area contributed by atoms with E-state index in [-0.39, 0.29) is 29.2 Å². The van der Waals surface area contributed by atoms with E-state index >= 15 is 0 Å². The van der Waals surface area contributed by atoms with Gasteiger partial charge in [0.05, 0.1) is 5.75 Å². The van der Waals surface area contributed by atoms with E-state index in [1.807, 2.05) is 16.3 Å². The minimum absolute atomic E-state index is 0.0254. The minimum atomic E-state index is -1.67. The summed E-state index contributed by atoms with van der Waals surface area (Å²) in [6.45, 7) is 1.81. The van der Waals surface area contributed by atoms with E-state index in [4.69, 9.17) is 12.2 Å². The molecule has 5 nitrogen and oxygen atoms in total. The molecule has 0 spiro atoms. The summed E-state index contributed by atoms with van der Waals surface area (Å²) < 4.78 is 56.2. The van der Waals surface area contributed by atoms with Crippen molar-refractivity contribution in [1.82, 2.24) is 9.47 Å². The number of thiocarbonyl (C=S) groups is 1. The molecule has 31 heavy (non-hydrogen) atoms. The van der Waals surface area contributed by atoms with E-state index in [9.17, 15) is 27.2 Å². The maximum absolute atomic E-state index is 13.7. The number of amides is 1. The summed E-state index contributed by atoms with van der Waals surface area (Å²) in [6, 6.07) is 5.27. The van der Waals surface area contributed by atoms with Gasteiger partial charge in [0.15, 0.2) is 23.3 Å². The molecule has 2 aliphatic rings. The Bertz CT molecular complexity index is 1100. The number of aromatic nitrogens is 1. The van der Waals surface area contributed by atoms with E-state index in [2.05, 4.69) is 0 Å². The second-order valence-electron chi connectivity index (χ2n) is 7.55. The molecule has 1 fully saturated rings. The number of pyridine rings is 1. The zero-order chi connectivity index (χ0) is 22.3. The topological polar surface area (TPSA) is 54.3 Å². The van der Waals surface area contributed by atoms with Crippen molar-refractivity contribution in [2.45, 2.75) is 18.9 Å². The Morgan fingerprint density at radius 3 is 2.55 bits per heavy atom. The molecule has 0 aliphatic carbocycles. The Labute approximate surface area is 184 Å². The summed E-state index contributed by atoms with van der Waals surface area (Å²) in [7, 11) is 0. The number of thioether (sulfide) groups is 1. The Morgan fingerprint density at radius 1 is 1.13 bits per heavy atom. The Hall–Kier alpha value is -2.40. The van der Waals surface area contributed by atoms with Gasteiger partial charge in [0.1, 0.15) is 10.0 Å². The van der Waals surface area contributed by atoms with Crippen molar-refractivity contribution >= 4 is 39.9 Å². The third-order valence-electron chi connectivity index (χ3n) is 5.44. The van der Waals surface area contributed by atoms with Crippen LogP contribution in [0.5, 0.6) is 0 Å². The number of anilines is 1. The Kier molecular flexibility index (Phi) is 6.07. The highest BCUT2D eigenvalue weighted by Crippen LogP contribution is 2.36. The fourth-order valence-electron chi connectivity index (χ4n) is 4.12. The summed E-state index contributed by atoms with van der Waals surface area (Å²) in [5.41, 5.74) is -0.232. The lowest BCUT2D eigenvalue weighted by atomic mass is 9.83. The van der Waals surface area contributed by atoms with Crippen LogP contribution in [0.4, 0.5) is 23.2 Å². The fraction of sp³-hybridized carbons (Fsp3) is 0.350. The predicted molar refractivity (Wildman–Crippen MR) is 113 cm³/mol. The van der Waals surface area contributed by atoms with Gasteiger partial charge in [-0.1, -0.05) is 30.0 Å². The molecular weight excluding hydrogens is 454 g/mol. The predicted octanol–water partition coefficient (Wildman–Crippen LogP) is 3.48. The molecule has 0 radical (unpaired) electrons. The molecule has 1 N–H and O–H groups in total. The number of carbonyl (C=O) groups excluding carboxylic acids is 1. The summed E-state index contributed by atoms with van der Waals surface area (Å²) in [6.07, 6.45) is 0.942. The summed E-state index contributed by atoms with van der Waals surface area (Å²) >= 11 is 6.42. The maximum Gasteiger partial charge on any atom is 0.250 e. The number of hydrogen-bond donors (Lipinski definition) is 1. The zero-order valence-electron chi connectivity index (χ0n) is 16.0. The van der Waals surface area contributed by atoms with E-state index in [1.54, 1.807) is 10.6 Å². The molecule has 164 valence electrons. The highest BCUT2D eigenvalue weighted by Gasteiger charge is 2.35. The number of fused-ring (bicyclic) bond motifs is 4. The number of carbonyl (C=O) groups is 1. The third kappa shape index (κ3) is 4.33. The van der Waals surface area contributed by atoms with Crippen LogP contribution in [0.2, 0.25) is 0 Å². The smallest absolute Gasteiger partial charge is 0.250 e. The lowest BCUT2D eigenvalue weighted by Gasteiger charge is -2.43. The number of piperidine rings is 1. The number of halogens is 4. The van der Waals surface area contributed by atoms with Crippen LogP contribution in [0.25, 0.3) is 0 Å². The normalized spacial score (nSPS) is 19.7. The zero-order valence-corrected chi connectivity index (χ0v) is 17.7. The maximum atomic E-state index is 13.7. The first kappa shape index (κ1) is 21.8. The molecule has 1 amide bonds. The molecule has 1 aromatic carbocycles. The Morgan fingerprint density at radius 2 is 1.84 bits per heavy atom. The summed E-state index contributed by atoms with van der Waals surface area (Å²) in [4.78, 5) is 26.2. The van der Waals surface area contributed by atoms with E-state index in [0.717, 1.165) is 23.9 Å². The van der Waals surface area contributed by atoms with Crippen molar-refractivity contribution in [3.8, 4) is 0 Å². The average molecular weight is 472 g/mol. The lowest BCUT2D eigenvalue weighted by molar-refractivity contribution is -0.113. The molecule has 4 rings (SSSR count). The molecule has 3 heterocycles. The van der Waals surface area contributed by atoms with Crippen LogP contribution >= 0.6 is 24.0 Å². The molecule has 2 aliphatic heterocycles. The van der Waals surface area contributed by atoms with Gasteiger partial charge in [0.2, 0.25) is 5.91 Å². The van der Waals surface area contributed by atoms with Gasteiger partial charge in [-0.05, 0) is 18.4 Å². The van der Waals surface area contributed by atoms with Gasteiger partial charge >= 0.3 is 0 Å². The number of nitrogens with zero attached hydrogens (tertiary/aromatic N) is 2. The minimum Gasteiger partial charge on any atom is -0.356 e. The third-order valence-corrected chi connectivity index (χ3v) is 6.96. The van der Waals surface area contributed by atoms with Crippen molar-refractivity contribution in [2.24, 2.45) is 5.92 Å². The van der Waals surface area contributed by atoms with Crippen LogP contribution in [0.15, 0.2) is 29.1 Å². The van der Waals surface area contributed by atoms with Crippen LogP contribution in [0.3, 0.4) is 0 Å². The van der Waals surface area contributed by atoms with Crippen LogP contribution in [0, 0.1) is 29.2 Å².